The summed E-state index contributed by atoms with van der Waals surface area (Å²) in [5.74, 6) is 5.37. The predicted octanol–water partition coefficient (Wildman–Crippen LogP) is 1.40. The second-order valence-corrected chi connectivity index (χ2v) is 0.775. The molecule has 0 N–H and O–H groups in total. The van der Waals surface area contributed by atoms with Crippen LogP contribution in [0.4, 0.5) is 0 Å². The Bertz CT molecular complexity index is 79.9. The number of hydrogen-bond acceptors (Lipinski definition) is 0. The summed E-state index contributed by atoms with van der Waals surface area (Å²) in [4.78, 5) is 0. The quantitative estimate of drug-likeness (QED) is 0.385. The number of rotatable bonds is 0. The van der Waals surface area contributed by atoms with Crippen molar-refractivity contribution in [2.24, 2.45) is 0 Å². The van der Waals surface area contributed by atoms with Crippen LogP contribution in [0.1, 0.15) is 6.42 Å². The highest BCUT2D eigenvalue weighted by atomic mass is 13.6. The van der Waals surface area contributed by atoms with E-state index in [1.54, 1.807) is 6.08 Å². The molecule has 0 unspecified atom stereocenters. The maximum Gasteiger partial charge on any atom is 0.00925 e. The first-order chi connectivity index (χ1) is 2.91. The van der Waals surface area contributed by atoms with Gasteiger partial charge in [-0.25, -0.2) is 0 Å². The molecule has 0 bridgehead atoms. The van der Waals surface area contributed by atoms with Crippen molar-refractivity contribution in [2.75, 3.05) is 0 Å². The topological polar surface area (TPSA) is 0 Å². The van der Waals surface area contributed by atoms with E-state index >= 15 is 0 Å². The molecule has 0 heteroatoms. The van der Waals surface area contributed by atoms with Gasteiger partial charge in [-0.2, -0.15) is 0 Å². The summed E-state index contributed by atoms with van der Waals surface area (Å²) in [6, 6.07) is 0. The normalized spacial score (nSPS) is 5.50. The van der Waals surface area contributed by atoms with Crippen molar-refractivity contribution in [1.29, 1.82) is 0 Å². The van der Waals surface area contributed by atoms with Crippen LogP contribution < -0.4 is 0 Å². The minimum absolute atomic E-state index is 0.673. The first kappa shape index (κ1) is 5.30. The third kappa shape index (κ3) is 3.30. The van der Waals surface area contributed by atoms with Crippen molar-refractivity contribution in [1.82, 2.24) is 0 Å². The molecule has 0 aliphatic heterocycles. The zero-order valence-electron chi connectivity index (χ0n) is 3.70. The van der Waals surface area contributed by atoms with E-state index in [9.17, 15) is 0 Å². The van der Waals surface area contributed by atoms with Gasteiger partial charge in [-0.3, -0.25) is 0 Å². The van der Waals surface area contributed by atoms with Gasteiger partial charge in [-0.15, -0.1) is 0 Å². The van der Waals surface area contributed by atoms with Crippen molar-refractivity contribution < 1.29 is 0 Å². The average molecular weight is 79.1 g/mol. The molecule has 0 aromatic carbocycles. The molecule has 6 heavy (non-hydrogen) atoms. The van der Waals surface area contributed by atoms with E-state index < -0.39 is 0 Å². The fourth-order valence-corrected chi connectivity index (χ4v) is 0.144. The van der Waals surface area contributed by atoms with E-state index in [0.29, 0.717) is 6.42 Å². The van der Waals surface area contributed by atoms with Gasteiger partial charge in [0.15, 0.2) is 0 Å². The van der Waals surface area contributed by atoms with Crippen LogP contribution in [0.15, 0.2) is 12.7 Å². The van der Waals surface area contributed by atoms with Crippen LogP contribution in [0.2, 0.25) is 0 Å². The highest BCUT2D eigenvalue weighted by Gasteiger charge is 1.51. The summed E-state index contributed by atoms with van der Waals surface area (Å²) in [5, 5.41) is 0. The first-order valence-electron chi connectivity index (χ1n) is 1.80. The second-order valence-electron chi connectivity index (χ2n) is 0.775. The molecule has 0 saturated heterocycles. The Kier molecular flexibility index (Phi) is 3.80. The largest absolute Gasteiger partial charge is 0.0985 e. The Hall–Kier alpha value is -0.700. The lowest BCUT2D eigenvalue weighted by Gasteiger charge is -1.60. The second kappa shape index (κ2) is 4.30. The molecular weight excluding hydrogens is 72.1 g/mol. The average Bonchev–Trinajstić information content (AvgIpc) is 1.61. The Balaban J connectivity index is 3.13. The summed E-state index contributed by atoms with van der Waals surface area (Å²) in [7, 11) is 0. The van der Waals surface area contributed by atoms with E-state index in [2.05, 4.69) is 25.3 Å². The van der Waals surface area contributed by atoms with E-state index in [4.69, 9.17) is 0 Å². The fourth-order valence-electron chi connectivity index (χ4n) is 0.144. The Morgan fingerprint density at radius 1 is 1.67 bits per heavy atom. The van der Waals surface area contributed by atoms with Crippen LogP contribution in [-0.4, -0.2) is 0 Å². The maximum absolute atomic E-state index is 3.50. The van der Waals surface area contributed by atoms with Gasteiger partial charge in [-0.05, 0) is 13.0 Å². The van der Waals surface area contributed by atoms with Crippen molar-refractivity contribution in [3.8, 4) is 11.8 Å². The van der Waals surface area contributed by atoms with Crippen molar-refractivity contribution >= 4 is 0 Å². The van der Waals surface area contributed by atoms with Crippen molar-refractivity contribution in [3.05, 3.63) is 19.6 Å². The molecule has 0 nitrogen and oxygen atoms in total. The first-order valence-corrected chi connectivity index (χ1v) is 1.80. The zero-order chi connectivity index (χ0) is 4.83. The van der Waals surface area contributed by atoms with Gasteiger partial charge in [-0.1, -0.05) is 18.4 Å². The molecular formula is C6H7. The van der Waals surface area contributed by atoms with E-state index in [1.807, 2.05) is 0 Å². The molecule has 0 rings (SSSR count). The highest BCUT2D eigenvalue weighted by molar-refractivity contribution is 5.12. The van der Waals surface area contributed by atoms with Gasteiger partial charge >= 0.3 is 0 Å². The van der Waals surface area contributed by atoms with E-state index in [-0.39, 0.29) is 0 Å². The summed E-state index contributed by atoms with van der Waals surface area (Å²) < 4.78 is 0. The standard InChI is InChI=1S/C6H7/c1-3-5-6-4-2/h3H,1-2,4H2. The van der Waals surface area contributed by atoms with Gasteiger partial charge in [0, 0.05) is 6.42 Å². The number of hydrogen-bond donors (Lipinski definition) is 0. The highest BCUT2D eigenvalue weighted by Crippen LogP contribution is 1.63. The van der Waals surface area contributed by atoms with Crippen molar-refractivity contribution in [2.45, 2.75) is 6.42 Å². The molecule has 0 aromatic heterocycles. The molecule has 0 fully saturated rings. The molecule has 0 aliphatic rings. The predicted molar refractivity (Wildman–Crippen MR) is 27.9 cm³/mol. The van der Waals surface area contributed by atoms with Crippen LogP contribution in [0.3, 0.4) is 0 Å². The third-order valence-corrected chi connectivity index (χ3v) is 0.329. The van der Waals surface area contributed by atoms with Crippen LogP contribution in [-0.2, 0) is 0 Å². The maximum atomic E-state index is 3.50. The van der Waals surface area contributed by atoms with Crippen LogP contribution in [0.5, 0.6) is 0 Å². The van der Waals surface area contributed by atoms with E-state index in [1.165, 1.54) is 0 Å². The molecule has 0 aromatic rings. The zero-order valence-corrected chi connectivity index (χ0v) is 3.70. The summed E-state index contributed by atoms with van der Waals surface area (Å²) >= 11 is 0. The Morgan fingerprint density at radius 2 is 2.33 bits per heavy atom. The molecule has 31 valence electrons. The fraction of sp³-hybridized carbons (Fsp3) is 0.167. The smallest absolute Gasteiger partial charge is 0.00925 e. The summed E-state index contributed by atoms with van der Waals surface area (Å²) in [6.07, 6.45) is 2.23. The number of allylic oxidation sites excluding steroid dienone is 1. The molecule has 0 atom stereocenters. The molecule has 0 aliphatic carbocycles. The lowest BCUT2D eigenvalue weighted by atomic mass is 10.5. The Labute approximate surface area is 38.9 Å². The van der Waals surface area contributed by atoms with Crippen LogP contribution in [0.25, 0.3) is 0 Å². The third-order valence-electron chi connectivity index (χ3n) is 0.329. The van der Waals surface area contributed by atoms with Gasteiger partial charge in [0.1, 0.15) is 0 Å². The van der Waals surface area contributed by atoms with E-state index in [0.717, 1.165) is 0 Å². The Morgan fingerprint density at radius 3 is 2.50 bits per heavy atom. The van der Waals surface area contributed by atoms with Crippen LogP contribution >= 0.6 is 0 Å². The molecule has 0 amide bonds. The molecule has 0 saturated carbocycles. The van der Waals surface area contributed by atoms with Gasteiger partial charge in [0.2, 0.25) is 0 Å². The molecule has 1 radical (unpaired) electrons. The lowest BCUT2D eigenvalue weighted by Crippen LogP contribution is -1.48. The van der Waals surface area contributed by atoms with Crippen molar-refractivity contribution in [3.63, 3.8) is 0 Å². The minimum atomic E-state index is 0.673. The molecule has 0 spiro atoms. The van der Waals surface area contributed by atoms with Crippen LogP contribution in [0, 0.1) is 18.8 Å². The summed E-state index contributed by atoms with van der Waals surface area (Å²) in [6.45, 7) is 6.90. The van der Waals surface area contributed by atoms with Gasteiger partial charge < -0.3 is 0 Å². The minimum Gasteiger partial charge on any atom is -0.0985 e. The molecule has 0 heterocycles. The SMILES string of the molecule is [CH2]CC#CC=C. The lowest BCUT2D eigenvalue weighted by molar-refractivity contribution is 1.48. The van der Waals surface area contributed by atoms with Gasteiger partial charge in [0.25, 0.3) is 0 Å². The summed E-state index contributed by atoms with van der Waals surface area (Å²) in [5.41, 5.74) is 0. The monoisotopic (exact) mass is 79.1 g/mol. The van der Waals surface area contributed by atoms with Gasteiger partial charge in [0.05, 0.1) is 0 Å².